The van der Waals surface area contributed by atoms with Crippen LogP contribution in [0.2, 0.25) is 0 Å². The Morgan fingerprint density at radius 2 is 2.43 bits per heavy atom. The van der Waals surface area contributed by atoms with Crippen molar-refractivity contribution in [1.82, 2.24) is 5.43 Å². The van der Waals surface area contributed by atoms with Gasteiger partial charge in [-0.3, -0.25) is 4.79 Å². The maximum absolute atomic E-state index is 9.94. The fourth-order valence-corrected chi connectivity index (χ4v) is 0.226. The van der Waals surface area contributed by atoms with Crippen LogP contribution in [0.15, 0.2) is 10.3 Å². The van der Waals surface area contributed by atoms with Gasteiger partial charge in [0.25, 0.3) is 5.91 Å². The van der Waals surface area contributed by atoms with Gasteiger partial charge in [0.2, 0.25) is 0 Å². The molecule has 0 saturated carbocycles. The van der Waals surface area contributed by atoms with Gasteiger partial charge in [-0.25, -0.2) is 5.43 Å². The summed E-state index contributed by atoms with van der Waals surface area (Å²) in [6.45, 7) is 0.194. The van der Waals surface area contributed by atoms with Crippen molar-refractivity contribution in [2.45, 2.75) is 0 Å². The van der Waals surface area contributed by atoms with E-state index in [0.717, 1.165) is 0 Å². The monoisotopic (exact) mass is 121 g/mol. The molecular weight excluding hydrogens is 117 g/mol. The number of amides is 1. The number of carbonyl (C=O) groups is 1. The average molecular weight is 122 g/mol. The third kappa shape index (κ3) is 1.50. The first-order valence-corrected chi connectivity index (χ1v) is 1.55. The Bertz CT molecular complexity index is 91.1. The van der Waals surface area contributed by atoms with E-state index in [0.29, 0.717) is 0 Å². The van der Waals surface area contributed by atoms with Gasteiger partial charge >= 0.3 is 0 Å². The molecule has 0 unspecified atom stereocenters. The number of halogens is 1. The van der Waals surface area contributed by atoms with Gasteiger partial charge in [-0.15, -0.1) is 12.4 Å². The smallest absolute Gasteiger partial charge is 0.265 e. The van der Waals surface area contributed by atoms with Crippen molar-refractivity contribution < 1.29 is 4.79 Å². The van der Waals surface area contributed by atoms with E-state index in [-0.39, 0.29) is 24.9 Å². The van der Waals surface area contributed by atoms with Gasteiger partial charge in [-0.1, -0.05) is 5.22 Å². The maximum Gasteiger partial charge on any atom is 0.265 e. The van der Waals surface area contributed by atoms with E-state index < -0.39 is 0 Å². The number of nitrogens with one attached hydrogen (secondary N) is 1. The van der Waals surface area contributed by atoms with Crippen molar-refractivity contribution in [2.24, 2.45) is 10.3 Å². The predicted molar refractivity (Wildman–Crippen MR) is 25.1 cm³/mol. The molecule has 0 bridgehead atoms. The highest BCUT2D eigenvalue weighted by atomic mass is 35.5. The second kappa shape index (κ2) is 2.52. The Labute approximate surface area is 46.4 Å². The van der Waals surface area contributed by atoms with Crippen LogP contribution in [0.4, 0.5) is 0 Å². The standard InChI is InChI=1S/C2H3N3O.ClH/c6-2-1-3-5-4-2;/h1H2,(H,3,4,6);1H. The molecule has 1 aliphatic rings. The molecule has 0 atom stereocenters. The third-order valence-corrected chi connectivity index (χ3v) is 0.460. The van der Waals surface area contributed by atoms with Crippen LogP contribution < -0.4 is 5.43 Å². The first-order chi connectivity index (χ1) is 2.89. The van der Waals surface area contributed by atoms with Gasteiger partial charge < -0.3 is 0 Å². The van der Waals surface area contributed by atoms with E-state index in [1.54, 1.807) is 0 Å². The number of nitrogens with zero attached hydrogens (tertiary/aromatic N) is 2. The lowest BCUT2D eigenvalue weighted by atomic mass is 10.7. The van der Waals surface area contributed by atoms with Crippen molar-refractivity contribution in [3.63, 3.8) is 0 Å². The normalized spacial score (nSPS) is 15.7. The minimum absolute atomic E-state index is 0. The molecule has 1 rings (SSSR count). The summed E-state index contributed by atoms with van der Waals surface area (Å²) in [4.78, 5) is 9.94. The average Bonchev–Trinajstić information content (AvgIpc) is 1.86. The fraction of sp³-hybridized carbons (Fsp3) is 0.500. The molecule has 1 amide bonds. The Balaban J connectivity index is 0.000000360. The van der Waals surface area contributed by atoms with Crippen LogP contribution in [-0.2, 0) is 4.79 Å². The van der Waals surface area contributed by atoms with E-state index in [1.807, 2.05) is 0 Å². The summed E-state index contributed by atoms with van der Waals surface area (Å²) in [5.41, 5.74) is 2.14. The van der Waals surface area contributed by atoms with E-state index >= 15 is 0 Å². The Hall–Kier alpha value is -0.640. The zero-order valence-corrected chi connectivity index (χ0v) is 4.23. The van der Waals surface area contributed by atoms with Gasteiger partial charge in [0.15, 0.2) is 0 Å². The summed E-state index contributed by atoms with van der Waals surface area (Å²) in [5.74, 6) is -0.130. The van der Waals surface area contributed by atoms with E-state index in [2.05, 4.69) is 15.8 Å². The van der Waals surface area contributed by atoms with E-state index in [9.17, 15) is 4.79 Å². The van der Waals surface area contributed by atoms with Crippen molar-refractivity contribution in [3.8, 4) is 0 Å². The van der Waals surface area contributed by atoms with E-state index in [1.165, 1.54) is 0 Å². The van der Waals surface area contributed by atoms with Crippen LogP contribution >= 0.6 is 12.4 Å². The summed E-state index contributed by atoms with van der Waals surface area (Å²) in [6.07, 6.45) is 0. The van der Waals surface area contributed by atoms with Gasteiger partial charge in [0.1, 0.15) is 6.54 Å². The molecule has 0 saturated heterocycles. The number of rotatable bonds is 0. The Morgan fingerprint density at radius 3 is 2.57 bits per heavy atom. The Kier molecular flexibility index (Phi) is 2.29. The summed E-state index contributed by atoms with van der Waals surface area (Å²) in [5, 5.41) is 6.52. The van der Waals surface area contributed by atoms with Gasteiger partial charge in [-0.05, 0) is 0 Å². The zero-order valence-electron chi connectivity index (χ0n) is 3.42. The second-order valence-corrected chi connectivity index (χ2v) is 0.935. The third-order valence-electron chi connectivity index (χ3n) is 0.460. The molecule has 40 valence electrons. The lowest BCUT2D eigenvalue weighted by Gasteiger charge is -1.73. The van der Waals surface area contributed by atoms with Crippen molar-refractivity contribution in [3.05, 3.63) is 0 Å². The van der Waals surface area contributed by atoms with Crippen molar-refractivity contribution >= 4 is 18.3 Å². The lowest BCUT2D eigenvalue weighted by Crippen LogP contribution is -2.11. The minimum atomic E-state index is -0.130. The highest BCUT2D eigenvalue weighted by molar-refractivity contribution is 5.85. The van der Waals surface area contributed by atoms with Gasteiger partial charge in [-0.2, -0.15) is 5.11 Å². The SMILES string of the molecule is Cl.O=C1CN=NN1. The molecule has 0 aromatic rings. The molecule has 0 spiro atoms. The minimum Gasteiger partial charge on any atom is -0.271 e. The van der Waals surface area contributed by atoms with Crippen LogP contribution in [-0.4, -0.2) is 12.5 Å². The molecule has 1 heterocycles. The molecule has 7 heavy (non-hydrogen) atoms. The molecule has 1 aliphatic heterocycles. The van der Waals surface area contributed by atoms with Crippen LogP contribution in [0.1, 0.15) is 0 Å². The van der Waals surface area contributed by atoms with E-state index in [4.69, 9.17) is 0 Å². The number of carbonyl (C=O) groups excluding carboxylic acids is 1. The Morgan fingerprint density at radius 1 is 1.71 bits per heavy atom. The maximum atomic E-state index is 9.94. The first-order valence-electron chi connectivity index (χ1n) is 1.55. The molecule has 5 heteroatoms. The molecule has 0 aromatic carbocycles. The molecular formula is C2H4ClN3O. The van der Waals surface area contributed by atoms with Gasteiger partial charge in [0.05, 0.1) is 0 Å². The molecule has 0 fully saturated rings. The molecule has 0 aromatic heterocycles. The van der Waals surface area contributed by atoms with Crippen LogP contribution in [0.3, 0.4) is 0 Å². The van der Waals surface area contributed by atoms with Crippen LogP contribution in [0.25, 0.3) is 0 Å². The topological polar surface area (TPSA) is 53.8 Å². The number of hydrogen-bond acceptors (Lipinski definition) is 3. The lowest BCUT2D eigenvalue weighted by molar-refractivity contribution is -0.118. The zero-order chi connectivity index (χ0) is 4.41. The van der Waals surface area contributed by atoms with Gasteiger partial charge in [0, 0.05) is 0 Å². The number of hydrogen-bond donors (Lipinski definition) is 1. The molecule has 0 radical (unpaired) electrons. The molecule has 0 aliphatic carbocycles. The quantitative estimate of drug-likeness (QED) is 0.478. The second-order valence-electron chi connectivity index (χ2n) is 0.935. The largest absolute Gasteiger partial charge is 0.271 e. The summed E-state index contributed by atoms with van der Waals surface area (Å²) < 4.78 is 0. The van der Waals surface area contributed by atoms with Crippen LogP contribution in [0.5, 0.6) is 0 Å². The highest BCUT2D eigenvalue weighted by Gasteiger charge is 2.00. The molecule has 4 nitrogen and oxygen atoms in total. The van der Waals surface area contributed by atoms with Crippen molar-refractivity contribution in [1.29, 1.82) is 0 Å². The summed E-state index contributed by atoms with van der Waals surface area (Å²) >= 11 is 0. The summed E-state index contributed by atoms with van der Waals surface area (Å²) in [7, 11) is 0. The first kappa shape index (κ1) is 6.36. The highest BCUT2D eigenvalue weighted by Crippen LogP contribution is 1.79. The summed E-state index contributed by atoms with van der Waals surface area (Å²) in [6, 6.07) is 0. The van der Waals surface area contributed by atoms with Crippen LogP contribution in [0, 0.1) is 0 Å². The molecule has 1 N–H and O–H groups in total. The fourth-order valence-electron chi connectivity index (χ4n) is 0.226. The van der Waals surface area contributed by atoms with Crippen molar-refractivity contribution in [2.75, 3.05) is 6.54 Å². The predicted octanol–water partition coefficient (Wildman–Crippen LogP) is -0.0948.